The first-order chi connectivity index (χ1) is 13.3. The van der Waals surface area contributed by atoms with Gasteiger partial charge in [-0.1, -0.05) is 12.1 Å². The van der Waals surface area contributed by atoms with Crippen molar-refractivity contribution in [1.82, 2.24) is 19.6 Å². The number of nitrogens with one attached hydrogen (secondary N) is 2. The van der Waals surface area contributed by atoms with Crippen molar-refractivity contribution in [3.8, 4) is 0 Å². The standard InChI is InChI=1S/C20H24N4O3S/c1-14(2)24(3)28(26,27)16-10-8-15(9-11-16)20(25)21-13-12-19-22-17-6-4-5-7-18(17)23-19/h4-11,14H,12-13H2,1-3H3,(H,21,25)(H,22,23). The maximum absolute atomic E-state index is 12.5. The minimum atomic E-state index is -3.56. The van der Waals surface area contributed by atoms with Crippen LogP contribution in [-0.2, 0) is 16.4 Å². The third kappa shape index (κ3) is 4.23. The molecule has 2 aromatic carbocycles. The number of H-pyrrole nitrogens is 1. The topological polar surface area (TPSA) is 95.2 Å². The normalized spacial score (nSPS) is 12.0. The molecule has 3 aromatic rings. The number of aromatic nitrogens is 2. The molecule has 0 aliphatic carbocycles. The highest BCUT2D eigenvalue weighted by Gasteiger charge is 2.23. The molecule has 7 nitrogen and oxygen atoms in total. The smallest absolute Gasteiger partial charge is 0.251 e. The number of hydrogen-bond acceptors (Lipinski definition) is 4. The van der Waals surface area contributed by atoms with Crippen LogP contribution in [-0.4, -0.2) is 48.2 Å². The van der Waals surface area contributed by atoms with Crippen LogP contribution in [0, 0.1) is 0 Å². The van der Waals surface area contributed by atoms with Gasteiger partial charge in [-0.3, -0.25) is 4.79 Å². The summed E-state index contributed by atoms with van der Waals surface area (Å²) in [5.41, 5.74) is 2.27. The second kappa shape index (κ2) is 8.12. The predicted octanol–water partition coefficient (Wildman–Crippen LogP) is 2.56. The number of amides is 1. The van der Waals surface area contributed by atoms with E-state index in [1.54, 1.807) is 20.9 Å². The molecule has 0 aliphatic heterocycles. The maximum atomic E-state index is 12.5. The number of carbonyl (C=O) groups excluding carboxylic acids is 1. The molecule has 2 N–H and O–H groups in total. The Morgan fingerprint density at radius 2 is 1.82 bits per heavy atom. The van der Waals surface area contributed by atoms with Crippen molar-refractivity contribution in [2.24, 2.45) is 0 Å². The minimum absolute atomic E-state index is 0.147. The highest BCUT2D eigenvalue weighted by Crippen LogP contribution is 2.17. The fourth-order valence-corrected chi connectivity index (χ4v) is 4.11. The van der Waals surface area contributed by atoms with Gasteiger partial charge in [0.05, 0.1) is 15.9 Å². The van der Waals surface area contributed by atoms with Crippen LogP contribution in [0.3, 0.4) is 0 Å². The number of rotatable bonds is 7. The van der Waals surface area contributed by atoms with Crippen molar-refractivity contribution in [2.45, 2.75) is 31.2 Å². The molecule has 0 saturated carbocycles. The summed E-state index contributed by atoms with van der Waals surface area (Å²) < 4.78 is 26.2. The second-order valence-electron chi connectivity index (χ2n) is 6.85. The summed E-state index contributed by atoms with van der Waals surface area (Å²) in [7, 11) is -2.02. The van der Waals surface area contributed by atoms with Gasteiger partial charge in [-0.2, -0.15) is 4.31 Å². The molecule has 1 heterocycles. The second-order valence-corrected chi connectivity index (χ2v) is 8.84. The number of sulfonamides is 1. The van der Waals surface area contributed by atoms with Crippen molar-refractivity contribution in [1.29, 1.82) is 0 Å². The largest absolute Gasteiger partial charge is 0.352 e. The molecular weight excluding hydrogens is 376 g/mol. The van der Waals surface area contributed by atoms with Crippen LogP contribution in [0.1, 0.15) is 30.0 Å². The molecule has 3 rings (SSSR count). The molecule has 1 aromatic heterocycles. The molecule has 0 aliphatic rings. The molecule has 0 radical (unpaired) electrons. The molecule has 0 unspecified atom stereocenters. The van der Waals surface area contributed by atoms with Gasteiger partial charge in [0.1, 0.15) is 5.82 Å². The number of aromatic amines is 1. The van der Waals surface area contributed by atoms with E-state index in [0.717, 1.165) is 16.9 Å². The number of imidazole rings is 1. The Bertz CT molecular complexity index is 1040. The summed E-state index contributed by atoms with van der Waals surface area (Å²) in [6.07, 6.45) is 0.575. The lowest BCUT2D eigenvalue weighted by Gasteiger charge is -2.21. The van der Waals surface area contributed by atoms with Gasteiger partial charge < -0.3 is 10.3 Å². The number of fused-ring (bicyclic) bond motifs is 1. The molecule has 0 spiro atoms. The average molecular weight is 401 g/mol. The fourth-order valence-electron chi connectivity index (χ4n) is 2.74. The highest BCUT2D eigenvalue weighted by atomic mass is 32.2. The first-order valence-corrected chi connectivity index (χ1v) is 10.5. The Kier molecular flexibility index (Phi) is 5.81. The third-order valence-corrected chi connectivity index (χ3v) is 6.65. The van der Waals surface area contributed by atoms with E-state index in [9.17, 15) is 13.2 Å². The molecule has 0 saturated heterocycles. The van der Waals surface area contributed by atoms with Gasteiger partial charge in [0.15, 0.2) is 0 Å². The van der Waals surface area contributed by atoms with Gasteiger partial charge in [-0.15, -0.1) is 0 Å². The summed E-state index contributed by atoms with van der Waals surface area (Å²) in [5, 5.41) is 2.83. The van der Waals surface area contributed by atoms with Crippen LogP contribution in [0.5, 0.6) is 0 Å². The van der Waals surface area contributed by atoms with E-state index in [1.165, 1.54) is 28.6 Å². The SMILES string of the molecule is CC(C)N(C)S(=O)(=O)c1ccc(C(=O)NCCc2nc3ccccc3[nH]2)cc1. The van der Waals surface area contributed by atoms with E-state index < -0.39 is 10.0 Å². The Balaban J connectivity index is 1.60. The van der Waals surface area contributed by atoms with Crippen LogP contribution in [0.2, 0.25) is 0 Å². The van der Waals surface area contributed by atoms with Crippen LogP contribution < -0.4 is 5.32 Å². The van der Waals surface area contributed by atoms with Crippen LogP contribution in [0.15, 0.2) is 53.4 Å². The van der Waals surface area contributed by atoms with Crippen LogP contribution in [0.25, 0.3) is 11.0 Å². The van der Waals surface area contributed by atoms with Crippen molar-refractivity contribution < 1.29 is 13.2 Å². The van der Waals surface area contributed by atoms with Gasteiger partial charge in [-0.25, -0.2) is 13.4 Å². The average Bonchev–Trinajstić information content (AvgIpc) is 3.10. The molecule has 28 heavy (non-hydrogen) atoms. The first-order valence-electron chi connectivity index (χ1n) is 9.09. The van der Waals surface area contributed by atoms with Crippen LogP contribution >= 0.6 is 0 Å². The summed E-state index contributed by atoms with van der Waals surface area (Å²) in [6, 6.07) is 13.6. The summed E-state index contributed by atoms with van der Waals surface area (Å²) in [5.74, 6) is 0.553. The van der Waals surface area contributed by atoms with Crippen molar-refractivity contribution in [2.75, 3.05) is 13.6 Å². The van der Waals surface area contributed by atoms with Gasteiger partial charge in [0.25, 0.3) is 5.91 Å². The lowest BCUT2D eigenvalue weighted by Crippen LogP contribution is -2.33. The minimum Gasteiger partial charge on any atom is -0.352 e. The van der Waals surface area contributed by atoms with Gasteiger partial charge >= 0.3 is 0 Å². The monoisotopic (exact) mass is 400 g/mol. The maximum Gasteiger partial charge on any atom is 0.251 e. The summed E-state index contributed by atoms with van der Waals surface area (Å²) >= 11 is 0. The molecule has 0 atom stereocenters. The van der Waals surface area contributed by atoms with E-state index in [2.05, 4.69) is 15.3 Å². The third-order valence-electron chi connectivity index (χ3n) is 4.61. The molecule has 8 heteroatoms. The highest BCUT2D eigenvalue weighted by molar-refractivity contribution is 7.89. The number of nitrogens with zero attached hydrogens (tertiary/aromatic N) is 2. The summed E-state index contributed by atoms with van der Waals surface area (Å²) in [6.45, 7) is 4.04. The Morgan fingerprint density at radius 1 is 1.14 bits per heavy atom. The zero-order valence-electron chi connectivity index (χ0n) is 16.1. The fraction of sp³-hybridized carbons (Fsp3) is 0.300. The molecule has 0 bridgehead atoms. The van der Waals surface area contributed by atoms with Crippen LogP contribution in [0.4, 0.5) is 0 Å². The first kappa shape index (κ1) is 20.0. The number of hydrogen-bond donors (Lipinski definition) is 2. The Labute approximate surface area is 164 Å². The van der Waals surface area contributed by atoms with Crippen molar-refractivity contribution in [3.63, 3.8) is 0 Å². The van der Waals surface area contributed by atoms with Gasteiger partial charge in [0.2, 0.25) is 10.0 Å². The lowest BCUT2D eigenvalue weighted by molar-refractivity contribution is 0.0954. The molecule has 148 valence electrons. The zero-order chi connectivity index (χ0) is 20.3. The summed E-state index contributed by atoms with van der Waals surface area (Å²) in [4.78, 5) is 20.2. The number of benzene rings is 2. The lowest BCUT2D eigenvalue weighted by atomic mass is 10.2. The Morgan fingerprint density at radius 3 is 2.46 bits per heavy atom. The molecule has 0 fully saturated rings. The van der Waals surface area contributed by atoms with E-state index >= 15 is 0 Å². The zero-order valence-corrected chi connectivity index (χ0v) is 17.0. The van der Waals surface area contributed by atoms with E-state index in [1.807, 2.05) is 24.3 Å². The van der Waals surface area contributed by atoms with Crippen molar-refractivity contribution >= 4 is 27.0 Å². The molecular formula is C20H24N4O3S. The predicted molar refractivity (Wildman–Crippen MR) is 109 cm³/mol. The Hall–Kier alpha value is -2.71. The number of carbonyl (C=O) groups is 1. The van der Waals surface area contributed by atoms with Gasteiger partial charge in [-0.05, 0) is 50.2 Å². The van der Waals surface area contributed by atoms with Crippen molar-refractivity contribution in [3.05, 3.63) is 59.9 Å². The van der Waals surface area contributed by atoms with E-state index in [0.29, 0.717) is 18.5 Å². The quantitative estimate of drug-likeness (QED) is 0.637. The number of para-hydroxylation sites is 2. The molecule has 1 amide bonds. The van der Waals surface area contributed by atoms with E-state index in [4.69, 9.17) is 0 Å². The van der Waals surface area contributed by atoms with Gasteiger partial charge in [0, 0.05) is 31.6 Å². The van der Waals surface area contributed by atoms with E-state index in [-0.39, 0.29) is 16.8 Å².